The van der Waals surface area contributed by atoms with Crippen molar-refractivity contribution in [3.05, 3.63) is 0 Å². The van der Waals surface area contributed by atoms with Crippen LogP contribution in [0.15, 0.2) is 0 Å². The summed E-state index contributed by atoms with van der Waals surface area (Å²) in [5.74, 6) is 1.48. The van der Waals surface area contributed by atoms with Crippen LogP contribution < -0.4 is 5.32 Å². The number of piperidine rings is 1. The first-order valence-electron chi connectivity index (χ1n) is 7.76. The minimum Gasteiger partial charge on any atom is -0.316 e. The van der Waals surface area contributed by atoms with E-state index in [-0.39, 0.29) is 6.04 Å². The summed E-state index contributed by atoms with van der Waals surface area (Å²) in [6, 6.07) is 0.264. The van der Waals surface area contributed by atoms with Gasteiger partial charge in [0.2, 0.25) is 0 Å². The van der Waals surface area contributed by atoms with Gasteiger partial charge in [-0.25, -0.2) is 8.42 Å². The van der Waals surface area contributed by atoms with Gasteiger partial charge in [0.25, 0.3) is 0 Å². The lowest BCUT2D eigenvalue weighted by atomic mass is 9.98. The normalized spacial score (nSPS) is 31.5. The molecule has 0 radical (unpaired) electrons. The fraction of sp³-hybridized carbons (Fsp3) is 1.00. The summed E-state index contributed by atoms with van der Waals surface area (Å²) in [4.78, 5) is 2.45. The summed E-state index contributed by atoms with van der Waals surface area (Å²) in [6.07, 6.45) is 5.55. The third-order valence-electron chi connectivity index (χ3n) is 4.36. The molecular formula is C14H28N2O2S. The average Bonchev–Trinajstić information content (AvgIpc) is 2.38. The maximum Gasteiger partial charge on any atom is 0.151 e. The zero-order chi connectivity index (χ0) is 13.7. The van der Waals surface area contributed by atoms with E-state index in [0.717, 1.165) is 45.4 Å². The largest absolute Gasteiger partial charge is 0.316 e. The van der Waals surface area contributed by atoms with E-state index in [9.17, 15) is 8.42 Å². The Kier molecular flexibility index (Phi) is 5.66. The van der Waals surface area contributed by atoms with Crippen LogP contribution in [0.1, 0.15) is 39.0 Å². The Hall–Kier alpha value is -0.130. The molecule has 0 aromatic carbocycles. The second-order valence-electron chi connectivity index (χ2n) is 6.12. The third-order valence-corrected chi connectivity index (χ3v) is 6.16. The first-order valence-corrected chi connectivity index (χ1v) is 9.58. The molecule has 19 heavy (non-hydrogen) atoms. The number of nitrogens with zero attached hydrogens (tertiary/aromatic N) is 1. The molecule has 2 heterocycles. The van der Waals surface area contributed by atoms with Gasteiger partial charge in [-0.3, -0.25) is 4.90 Å². The SMILES string of the molecule is CCCN(CC1CCCNC1)C1CCCS(=O)(=O)C1. The smallest absolute Gasteiger partial charge is 0.151 e. The van der Waals surface area contributed by atoms with Crippen molar-refractivity contribution in [3.63, 3.8) is 0 Å². The molecule has 5 heteroatoms. The predicted octanol–water partition coefficient (Wildman–Crippen LogP) is 1.28. The van der Waals surface area contributed by atoms with Crippen LogP contribution in [0.4, 0.5) is 0 Å². The molecule has 4 nitrogen and oxygen atoms in total. The van der Waals surface area contributed by atoms with E-state index in [1.165, 1.54) is 12.8 Å². The van der Waals surface area contributed by atoms with E-state index in [1.807, 2.05) is 0 Å². The highest BCUT2D eigenvalue weighted by molar-refractivity contribution is 7.91. The molecule has 0 saturated carbocycles. The lowest BCUT2D eigenvalue weighted by molar-refractivity contribution is 0.154. The van der Waals surface area contributed by atoms with Crippen LogP contribution in [-0.2, 0) is 9.84 Å². The van der Waals surface area contributed by atoms with Crippen LogP contribution in [-0.4, -0.2) is 57.0 Å². The van der Waals surface area contributed by atoms with Crippen molar-refractivity contribution in [2.45, 2.75) is 45.1 Å². The van der Waals surface area contributed by atoms with Crippen molar-refractivity contribution >= 4 is 9.84 Å². The number of hydrogen-bond acceptors (Lipinski definition) is 4. The Morgan fingerprint density at radius 3 is 2.74 bits per heavy atom. The highest BCUT2D eigenvalue weighted by Gasteiger charge is 2.30. The van der Waals surface area contributed by atoms with Crippen LogP contribution in [0.3, 0.4) is 0 Å². The van der Waals surface area contributed by atoms with Gasteiger partial charge in [-0.2, -0.15) is 0 Å². The molecule has 2 saturated heterocycles. The Labute approximate surface area is 117 Å². The second-order valence-corrected chi connectivity index (χ2v) is 8.35. The van der Waals surface area contributed by atoms with E-state index in [2.05, 4.69) is 17.1 Å². The highest BCUT2D eigenvalue weighted by atomic mass is 32.2. The highest BCUT2D eigenvalue weighted by Crippen LogP contribution is 2.21. The van der Waals surface area contributed by atoms with Crippen molar-refractivity contribution in [2.75, 3.05) is 37.7 Å². The maximum absolute atomic E-state index is 11.8. The molecule has 0 aromatic heterocycles. The van der Waals surface area contributed by atoms with Gasteiger partial charge < -0.3 is 5.32 Å². The molecule has 2 rings (SSSR count). The lowest BCUT2D eigenvalue weighted by Crippen LogP contribution is -2.47. The number of sulfone groups is 1. The van der Waals surface area contributed by atoms with E-state index >= 15 is 0 Å². The van der Waals surface area contributed by atoms with Gasteiger partial charge in [0.15, 0.2) is 9.84 Å². The van der Waals surface area contributed by atoms with Crippen molar-refractivity contribution in [2.24, 2.45) is 5.92 Å². The minimum atomic E-state index is -2.79. The quantitative estimate of drug-likeness (QED) is 0.828. The van der Waals surface area contributed by atoms with Gasteiger partial charge in [-0.05, 0) is 57.7 Å². The van der Waals surface area contributed by atoms with Crippen LogP contribution in [0.2, 0.25) is 0 Å². The topological polar surface area (TPSA) is 49.4 Å². The Balaban J connectivity index is 1.94. The fourth-order valence-corrected chi connectivity index (χ4v) is 5.15. The third kappa shape index (κ3) is 4.72. The van der Waals surface area contributed by atoms with E-state index in [4.69, 9.17) is 0 Å². The predicted molar refractivity (Wildman–Crippen MR) is 79.1 cm³/mol. The van der Waals surface area contributed by atoms with Crippen LogP contribution in [0.5, 0.6) is 0 Å². The molecule has 2 unspecified atom stereocenters. The van der Waals surface area contributed by atoms with Gasteiger partial charge in [-0.15, -0.1) is 0 Å². The Morgan fingerprint density at radius 2 is 2.11 bits per heavy atom. The fourth-order valence-electron chi connectivity index (χ4n) is 3.41. The number of rotatable bonds is 5. The van der Waals surface area contributed by atoms with Gasteiger partial charge in [0, 0.05) is 12.6 Å². The second kappa shape index (κ2) is 7.04. The Bertz CT molecular complexity index is 364. The lowest BCUT2D eigenvalue weighted by Gasteiger charge is -2.37. The summed E-state index contributed by atoms with van der Waals surface area (Å²) in [7, 11) is -2.79. The van der Waals surface area contributed by atoms with E-state index < -0.39 is 9.84 Å². The van der Waals surface area contributed by atoms with Crippen molar-refractivity contribution in [1.82, 2.24) is 10.2 Å². The Morgan fingerprint density at radius 1 is 1.26 bits per heavy atom. The van der Waals surface area contributed by atoms with Crippen LogP contribution in [0, 0.1) is 5.92 Å². The molecule has 2 aliphatic rings. The monoisotopic (exact) mass is 288 g/mol. The first kappa shape index (κ1) is 15.3. The first-order chi connectivity index (χ1) is 9.11. The van der Waals surface area contributed by atoms with Crippen molar-refractivity contribution < 1.29 is 8.42 Å². The molecular weight excluding hydrogens is 260 g/mol. The zero-order valence-electron chi connectivity index (χ0n) is 12.1. The molecule has 1 N–H and O–H groups in total. The summed E-state index contributed by atoms with van der Waals surface area (Å²) in [5.41, 5.74) is 0. The van der Waals surface area contributed by atoms with Crippen LogP contribution >= 0.6 is 0 Å². The minimum absolute atomic E-state index is 0.264. The zero-order valence-corrected chi connectivity index (χ0v) is 12.9. The molecule has 0 aliphatic carbocycles. The maximum atomic E-state index is 11.8. The van der Waals surface area contributed by atoms with Crippen molar-refractivity contribution in [3.8, 4) is 0 Å². The molecule has 0 aromatic rings. The van der Waals surface area contributed by atoms with E-state index in [1.54, 1.807) is 0 Å². The van der Waals surface area contributed by atoms with E-state index in [0.29, 0.717) is 17.4 Å². The van der Waals surface area contributed by atoms with Gasteiger partial charge in [-0.1, -0.05) is 6.92 Å². The molecule has 0 amide bonds. The van der Waals surface area contributed by atoms with Crippen LogP contribution in [0.25, 0.3) is 0 Å². The van der Waals surface area contributed by atoms with Gasteiger partial charge >= 0.3 is 0 Å². The molecule has 0 spiro atoms. The number of nitrogens with one attached hydrogen (secondary N) is 1. The molecule has 0 bridgehead atoms. The summed E-state index contributed by atoms with van der Waals surface area (Å²) in [6.45, 7) is 6.53. The summed E-state index contributed by atoms with van der Waals surface area (Å²) >= 11 is 0. The number of hydrogen-bond donors (Lipinski definition) is 1. The average molecular weight is 288 g/mol. The summed E-state index contributed by atoms with van der Waals surface area (Å²) < 4.78 is 23.6. The standard InChI is InChI=1S/C14H28N2O2S/c1-2-8-16(11-13-5-3-7-15-10-13)14-6-4-9-19(17,18)12-14/h13-15H,2-12H2,1H3. The molecule has 2 fully saturated rings. The molecule has 2 aliphatic heterocycles. The molecule has 112 valence electrons. The van der Waals surface area contributed by atoms with Gasteiger partial charge in [0.05, 0.1) is 11.5 Å². The van der Waals surface area contributed by atoms with Crippen molar-refractivity contribution in [1.29, 1.82) is 0 Å². The van der Waals surface area contributed by atoms with Gasteiger partial charge in [0.1, 0.15) is 0 Å². The molecule has 2 atom stereocenters. The summed E-state index contributed by atoms with van der Waals surface area (Å²) in [5, 5.41) is 3.46.